The Hall–Kier alpha value is -0.910. The van der Waals surface area contributed by atoms with Crippen LogP contribution in [0.5, 0.6) is 0 Å². The zero-order chi connectivity index (χ0) is 16.0. The first-order chi connectivity index (χ1) is 10.6. The first kappa shape index (κ1) is 17.4. The molecule has 124 valence electrons. The summed E-state index contributed by atoms with van der Waals surface area (Å²) in [5.74, 6) is 0. The molecule has 2 rings (SSSR count). The third-order valence-electron chi connectivity index (χ3n) is 4.45. The maximum Gasteiger partial charge on any atom is 0.282 e. The highest BCUT2D eigenvalue weighted by Crippen LogP contribution is 2.25. The van der Waals surface area contributed by atoms with Gasteiger partial charge in [0.15, 0.2) is 0 Å². The van der Waals surface area contributed by atoms with E-state index in [1.165, 1.54) is 6.42 Å². The summed E-state index contributed by atoms with van der Waals surface area (Å²) in [6, 6.07) is 10.00. The summed E-state index contributed by atoms with van der Waals surface area (Å²) in [5, 5.41) is 0. The third-order valence-corrected chi connectivity index (χ3v) is 6.44. The van der Waals surface area contributed by atoms with Crippen LogP contribution in [0.2, 0.25) is 0 Å². The zero-order valence-corrected chi connectivity index (χ0v) is 14.6. The molecule has 1 saturated carbocycles. The molecule has 0 spiro atoms. The van der Waals surface area contributed by atoms with Gasteiger partial charge in [0.2, 0.25) is 0 Å². The molecular formula is C17H28N2O2S. The van der Waals surface area contributed by atoms with Crippen molar-refractivity contribution < 1.29 is 8.42 Å². The maximum absolute atomic E-state index is 13.0. The Morgan fingerprint density at radius 3 is 2.32 bits per heavy atom. The third kappa shape index (κ3) is 4.31. The lowest BCUT2D eigenvalue weighted by atomic mass is 9.96. The molecule has 0 amide bonds. The van der Waals surface area contributed by atoms with Gasteiger partial charge >= 0.3 is 0 Å². The molecule has 5 heteroatoms. The van der Waals surface area contributed by atoms with E-state index >= 15 is 0 Å². The van der Waals surface area contributed by atoms with E-state index < -0.39 is 10.2 Å². The smallest absolute Gasteiger partial charge is 0.195 e. The van der Waals surface area contributed by atoms with Crippen LogP contribution in [0.15, 0.2) is 30.3 Å². The molecule has 0 saturated heterocycles. The fraction of sp³-hybridized carbons (Fsp3) is 0.647. The molecular weight excluding hydrogens is 296 g/mol. The number of rotatable bonds is 7. The van der Waals surface area contributed by atoms with Gasteiger partial charge in [0.25, 0.3) is 10.2 Å². The molecule has 1 aliphatic carbocycles. The Kier molecular flexibility index (Phi) is 6.41. The van der Waals surface area contributed by atoms with E-state index in [1.807, 2.05) is 37.3 Å². The highest BCUT2D eigenvalue weighted by atomic mass is 32.2. The fourth-order valence-corrected chi connectivity index (χ4v) is 4.80. The van der Waals surface area contributed by atoms with Crippen molar-refractivity contribution in [1.29, 1.82) is 0 Å². The van der Waals surface area contributed by atoms with Crippen molar-refractivity contribution in [2.75, 3.05) is 13.6 Å². The Bertz CT molecular complexity index is 539. The van der Waals surface area contributed by atoms with E-state index in [2.05, 4.69) is 0 Å². The summed E-state index contributed by atoms with van der Waals surface area (Å²) < 4.78 is 29.2. The van der Waals surface area contributed by atoms with Gasteiger partial charge in [-0.25, -0.2) is 0 Å². The molecule has 0 aliphatic heterocycles. The van der Waals surface area contributed by atoms with Crippen molar-refractivity contribution in [3.63, 3.8) is 0 Å². The van der Waals surface area contributed by atoms with Crippen LogP contribution < -0.4 is 0 Å². The summed E-state index contributed by atoms with van der Waals surface area (Å²) in [6.45, 7) is 3.04. The average molecular weight is 324 g/mol. The topological polar surface area (TPSA) is 40.6 Å². The van der Waals surface area contributed by atoms with Gasteiger partial charge in [-0.1, -0.05) is 56.5 Å². The molecule has 0 heterocycles. The monoisotopic (exact) mass is 324 g/mol. The molecule has 1 aliphatic rings. The van der Waals surface area contributed by atoms with Crippen molar-refractivity contribution in [1.82, 2.24) is 8.61 Å². The van der Waals surface area contributed by atoms with Crippen molar-refractivity contribution in [2.45, 2.75) is 58.0 Å². The molecule has 4 nitrogen and oxygen atoms in total. The van der Waals surface area contributed by atoms with Gasteiger partial charge in [-0.3, -0.25) is 0 Å². The minimum Gasteiger partial charge on any atom is -0.195 e. The molecule has 1 aromatic carbocycles. The Morgan fingerprint density at radius 1 is 1.09 bits per heavy atom. The first-order valence-electron chi connectivity index (χ1n) is 8.32. The predicted octanol–water partition coefficient (Wildman–Crippen LogP) is 3.41. The molecule has 0 unspecified atom stereocenters. The molecule has 0 radical (unpaired) electrons. The van der Waals surface area contributed by atoms with Crippen molar-refractivity contribution in [3.8, 4) is 0 Å². The van der Waals surface area contributed by atoms with Gasteiger partial charge in [-0.2, -0.15) is 17.0 Å². The Morgan fingerprint density at radius 2 is 1.73 bits per heavy atom. The zero-order valence-electron chi connectivity index (χ0n) is 13.7. The van der Waals surface area contributed by atoms with Crippen LogP contribution in [0.4, 0.5) is 0 Å². The molecule has 1 aromatic rings. The standard InChI is InChI=1S/C17H28N2O2S/c1-3-14-19(15-16-10-6-4-7-11-16)22(20,21)18(2)17-12-8-5-9-13-17/h4,6-7,10-11,17H,3,5,8-9,12-15H2,1-2H3. The Balaban J connectivity index is 2.14. The second-order valence-corrected chi connectivity index (χ2v) is 8.12. The van der Waals surface area contributed by atoms with Crippen molar-refractivity contribution >= 4 is 10.2 Å². The second kappa shape index (κ2) is 8.09. The molecule has 0 bridgehead atoms. The minimum absolute atomic E-state index is 0.161. The summed E-state index contributed by atoms with van der Waals surface area (Å²) >= 11 is 0. The van der Waals surface area contributed by atoms with Gasteiger partial charge in [0.1, 0.15) is 0 Å². The van der Waals surface area contributed by atoms with Crippen molar-refractivity contribution in [3.05, 3.63) is 35.9 Å². The molecule has 0 aromatic heterocycles. The van der Waals surface area contributed by atoms with Gasteiger partial charge in [0, 0.05) is 26.2 Å². The number of hydrogen-bond donors (Lipinski definition) is 0. The van der Waals surface area contributed by atoms with Gasteiger partial charge < -0.3 is 0 Å². The van der Waals surface area contributed by atoms with Crippen LogP contribution in [0.25, 0.3) is 0 Å². The van der Waals surface area contributed by atoms with Gasteiger partial charge in [-0.05, 0) is 24.8 Å². The van der Waals surface area contributed by atoms with E-state index in [9.17, 15) is 8.42 Å². The van der Waals surface area contributed by atoms with Crippen LogP contribution in [0.3, 0.4) is 0 Å². The number of nitrogens with zero attached hydrogens (tertiary/aromatic N) is 2. The normalized spacial score (nSPS) is 17.3. The summed E-state index contributed by atoms with van der Waals surface area (Å²) in [6.07, 6.45) is 6.30. The largest absolute Gasteiger partial charge is 0.282 e. The van der Waals surface area contributed by atoms with E-state index in [1.54, 1.807) is 15.7 Å². The van der Waals surface area contributed by atoms with E-state index in [0.717, 1.165) is 37.7 Å². The van der Waals surface area contributed by atoms with Crippen LogP contribution in [-0.2, 0) is 16.8 Å². The lowest BCUT2D eigenvalue weighted by molar-refractivity contribution is 0.260. The van der Waals surface area contributed by atoms with Crippen molar-refractivity contribution in [2.24, 2.45) is 0 Å². The maximum atomic E-state index is 13.0. The van der Waals surface area contributed by atoms with Crippen LogP contribution in [0.1, 0.15) is 51.0 Å². The van der Waals surface area contributed by atoms with Gasteiger partial charge in [-0.15, -0.1) is 0 Å². The van der Waals surface area contributed by atoms with E-state index in [4.69, 9.17) is 0 Å². The molecule has 0 atom stereocenters. The summed E-state index contributed by atoms with van der Waals surface area (Å²) in [5.41, 5.74) is 1.04. The lowest BCUT2D eigenvalue weighted by Gasteiger charge is -2.34. The fourth-order valence-electron chi connectivity index (χ4n) is 3.13. The van der Waals surface area contributed by atoms with E-state index in [-0.39, 0.29) is 6.04 Å². The first-order valence-corrected chi connectivity index (χ1v) is 9.72. The van der Waals surface area contributed by atoms with Crippen LogP contribution >= 0.6 is 0 Å². The highest BCUT2D eigenvalue weighted by Gasteiger charge is 2.32. The average Bonchev–Trinajstić information content (AvgIpc) is 2.55. The van der Waals surface area contributed by atoms with E-state index in [0.29, 0.717) is 13.1 Å². The lowest BCUT2D eigenvalue weighted by Crippen LogP contribution is -2.47. The van der Waals surface area contributed by atoms with Crippen LogP contribution in [0, 0.1) is 0 Å². The number of benzene rings is 1. The predicted molar refractivity (Wildman–Crippen MR) is 90.7 cm³/mol. The van der Waals surface area contributed by atoms with Gasteiger partial charge in [0.05, 0.1) is 0 Å². The van der Waals surface area contributed by atoms with Crippen LogP contribution in [-0.4, -0.2) is 36.7 Å². The quantitative estimate of drug-likeness (QED) is 0.771. The molecule has 22 heavy (non-hydrogen) atoms. The Labute approximate surface area is 135 Å². The minimum atomic E-state index is -3.39. The number of hydrogen-bond acceptors (Lipinski definition) is 2. The second-order valence-electron chi connectivity index (χ2n) is 6.13. The SMILES string of the molecule is CCCN(Cc1ccccc1)S(=O)(=O)N(C)C1CCCCC1. The summed E-state index contributed by atoms with van der Waals surface area (Å²) in [7, 11) is -1.65. The summed E-state index contributed by atoms with van der Waals surface area (Å²) in [4.78, 5) is 0. The molecule has 1 fully saturated rings. The highest BCUT2D eigenvalue weighted by molar-refractivity contribution is 7.86. The molecule has 0 N–H and O–H groups in total.